The Morgan fingerprint density at radius 3 is 2.17 bits per heavy atom. The summed E-state index contributed by atoms with van der Waals surface area (Å²) in [6, 6.07) is 6.69. The zero-order chi connectivity index (χ0) is 16.7. The van der Waals surface area contributed by atoms with Crippen LogP contribution in [0.2, 0.25) is 0 Å². The van der Waals surface area contributed by atoms with E-state index in [1.54, 1.807) is 7.05 Å². The molecule has 0 aliphatic rings. The van der Waals surface area contributed by atoms with Crippen molar-refractivity contribution in [2.75, 3.05) is 20.1 Å². The van der Waals surface area contributed by atoms with E-state index in [0.717, 1.165) is 31.9 Å². The van der Waals surface area contributed by atoms with E-state index < -0.39 is 0 Å². The topological polar surface area (TPSA) is 54.2 Å². The highest BCUT2D eigenvalue weighted by Gasteiger charge is 2.01. The third kappa shape index (κ3) is 5.77. The van der Waals surface area contributed by atoms with E-state index in [0.29, 0.717) is 0 Å². The molecule has 5 heteroatoms. The zero-order valence-electron chi connectivity index (χ0n) is 14.6. The van der Waals surface area contributed by atoms with Crippen molar-refractivity contribution in [1.29, 1.82) is 0 Å². The lowest BCUT2D eigenvalue weighted by Gasteiger charge is -2.12. The number of guanidine groups is 1. The van der Waals surface area contributed by atoms with E-state index >= 15 is 0 Å². The van der Waals surface area contributed by atoms with Crippen LogP contribution in [0, 0.1) is 13.8 Å². The van der Waals surface area contributed by atoms with Gasteiger partial charge in [-0.1, -0.05) is 29.3 Å². The highest BCUT2D eigenvalue weighted by molar-refractivity contribution is 5.79. The molecule has 0 aliphatic heterocycles. The van der Waals surface area contributed by atoms with Gasteiger partial charge in [0.2, 0.25) is 0 Å². The second kappa shape index (κ2) is 8.36. The van der Waals surface area contributed by atoms with Crippen molar-refractivity contribution < 1.29 is 0 Å². The fourth-order valence-electron chi connectivity index (χ4n) is 2.69. The Bertz CT molecular complexity index is 637. The first-order valence-corrected chi connectivity index (χ1v) is 8.06. The van der Waals surface area contributed by atoms with Crippen molar-refractivity contribution in [2.24, 2.45) is 12.0 Å². The third-order valence-electron chi connectivity index (χ3n) is 3.68. The van der Waals surface area contributed by atoms with Crippen molar-refractivity contribution in [3.8, 4) is 0 Å². The number of nitrogens with one attached hydrogen (secondary N) is 2. The zero-order valence-corrected chi connectivity index (χ0v) is 14.6. The lowest BCUT2D eigenvalue weighted by Crippen LogP contribution is -2.39. The minimum Gasteiger partial charge on any atom is -0.356 e. The number of rotatable bonds is 6. The molecule has 1 heterocycles. The second-order valence-electron chi connectivity index (χ2n) is 5.94. The van der Waals surface area contributed by atoms with Crippen molar-refractivity contribution in [3.05, 3.63) is 52.8 Å². The van der Waals surface area contributed by atoms with Gasteiger partial charge in [0.25, 0.3) is 0 Å². The molecule has 1 aromatic heterocycles. The first-order chi connectivity index (χ1) is 11.1. The Kier molecular flexibility index (Phi) is 6.20. The van der Waals surface area contributed by atoms with E-state index in [1.807, 2.05) is 24.1 Å². The van der Waals surface area contributed by atoms with E-state index in [9.17, 15) is 0 Å². The number of aliphatic imine (C=N–C) groups is 1. The highest BCUT2D eigenvalue weighted by atomic mass is 15.2. The maximum absolute atomic E-state index is 4.26. The molecule has 1 aromatic carbocycles. The van der Waals surface area contributed by atoms with E-state index in [-0.39, 0.29) is 0 Å². The molecule has 2 aromatic rings. The SMILES string of the molecule is CN=C(NCCc1cc(C)cc(C)c1)NCCc1cnn(C)c1. The maximum atomic E-state index is 4.26. The van der Waals surface area contributed by atoms with Gasteiger partial charge in [-0.05, 0) is 37.8 Å². The Labute approximate surface area is 138 Å². The maximum Gasteiger partial charge on any atom is 0.190 e. The molecule has 0 bridgehead atoms. The molecule has 0 unspecified atom stereocenters. The summed E-state index contributed by atoms with van der Waals surface area (Å²) in [5.74, 6) is 0.846. The lowest BCUT2D eigenvalue weighted by atomic mass is 10.1. The number of benzene rings is 1. The van der Waals surface area contributed by atoms with Crippen LogP contribution in [-0.2, 0) is 19.9 Å². The van der Waals surface area contributed by atoms with Crippen molar-refractivity contribution in [2.45, 2.75) is 26.7 Å². The minimum absolute atomic E-state index is 0.842. The summed E-state index contributed by atoms with van der Waals surface area (Å²) in [6.07, 6.45) is 5.87. The van der Waals surface area contributed by atoms with Gasteiger partial charge in [0.1, 0.15) is 0 Å². The molecule has 0 saturated heterocycles. The second-order valence-corrected chi connectivity index (χ2v) is 5.94. The molecular formula is C18H27N5. The van der Waals surface area contributed by atoms with Gasteiger partial charge in [-0.3, -0.25) is 9.67 Å². The molecule has 2 rings (SSSR count). The van der Waals surface area contributed by atoms with E-state index in [4.69, 9.17) is 0 Å². The Morgan fingerprint density at radius 2 is 1.65 bits per heavy atom. The van der Waals surface area contributed by atoms with Crippen LogP contribution in [0.3, 0.4) is 0 Å². The van der Waals surface area contributed by atoms with Crippen LogP contribution in [0.5, 0.6) is 0 Å². The average molecular weight is 313 g/mol. The Balaban J connectivity index is 1.72. The van der Waals surface area contributed by atoms with Crippen molar-refractivity contribution >= 4 is 5.96 Å². The number of hydrogen-bond donors (Lipinski definition) is 2. The van der Waals surface area contributed by atoms with Gasteiger partial charge < -0.3 is 10.6 Å². The lowest BCUT2D eigenvalue weighted by molar-refractivity contribution is 0.764. The smallest absolute Gasteiger partial charge is 0.190 e. The average Bonchev–Trinajstić information content (AvgIpc) is 2.90. The molecule has 0 aliphatic carbocycles. The summed E-state index contributed by atoms with van der Waals surface area (Å²) in [7, 11) is 3.74. The van der Waals surface area contributed by atoms with E-state index in [1.165, 1.54) is 22.3 Å². The quantitative estimate of drug-likeness (QED) is 0.633. The molecule has 2 N–H and O–H groups in total. The van der Waals surface area contributed by atoms with Crippen LogP contribution in [-0.4, -0.2) is 35.9 Å². The van der Waals surface area contributed by atoms with Gasteiger partial charge in [-0.25, -0.2) is 0 Å². The van der Waals surface area contributed by atoms with Gasteiger partial charge in [0, 0.05) is 33.4 Å². The number of aryl methyl sites for hydroxylation is 3. The molecule has 124 valence electrons. The Morgan fingerprint density at radius 1 is 1.04 bits per heavy atom. The fraction of sp³-hybridized carbons (Fsp3) is 0.444. The summed E-state index contributed by atoms with van der Waals surface area (Å²) >= 11 is 0. The summed E-state index contributed by atoms with van der Waals surface area (Å²) in [5, 5.41) is 10.9. The Hall–Kier alpha value is -2.30. The van der Waals surface area contributed by atoms with Gasteiger partial charge in [0.15, 0.2) is 5.96 Å². The molecule has 0 spiro atoms. The van der Waals surface area contributed by atoms with Crippen molar-refractivity contribution in [3.63, 3.8) is 0 Å². The first kappa shape index (κ1) is 17.1. The molecule has 23 heavy (non-hydrogen) atoms. The summed E-state index contributed by atoms with van der Waals surface area (Å²) in [4.78, 5) is 4.26. The summed E-state index contributed by atoms with van der Waals surface area (Å²) in [6.45, 7) is 6.00. The molecule has 0 amide bonds. The monoisotopic (exact) mass is 313 g/mol. The van der Waals surface area contributed by atoms with Gasteiger partial charge in [-0.15, -0.1) is 0 Å². The summed E-state index contributed by atoms with van der Waals surface area (Å²) < 4.78 is 1.83. The molecule has 0 radical (unpaired) electrons. The van der Waals surface area contributed by atoms with Crippen LogP contribution in [0.15, 0.2) is 35.6 Å². The van der Waals surface area contributed by atoms with Crippen LogP contribution < -0.4 is 10.6 Å². The standard InChI is InChI=1S/C18H27N5/c1-14-9-15(2)11-16(10-14)5-7-20-18(19-3)21-8-6-17-12-22-23(4)13-17/h9-13H,5-8H2,1-4H3,(H2,19,20,21). The predicted molar refractivity (Wildman–Crippen MR) is 95.9 cm³/mol. The van der Waals surface area contributed by atoms with Crippen LogP contribution in [0.4, 0.5) is 0 Å². The van der Waals surface area contributed by atoms with Gasteiger partial charge in [0.05, 0.1) is 6.20 Å². The molecule has 5 nitrogen and oxygen atoms in total. The molecular weight excluding hydrogens is 286 g/mol. The predicted octanol–water partition coefficient (Wildman–Crippen LogP) is 1.99. The fourth-order valence-corrected chi connectivity index (χ4v) is 2.69. The third-order valence-corrected chi connectivity index (χ3v) is 3.68. The molecule has 0 fully saturated rings. The van der Waals surface area contributed by atoms with Crippen LogP contribution in [0.25, 0.3) is 0 Å². The van der Waals surface area contributed by atoms with Crippen molar-refractivity contribution in [1.82, 2.24) is 20.4 Å². The van der Waals surface area contributed by atoms with Gasteiger partial charge >= 0.3 is 0 Å². The first-order valence-electron chi connectivity index (χ1n) is 8.06. The number of hydrogen-bond acceptors (Lipinski definition) is 2. The summed E-state index contributed by atoms with van der Waals surface area (Å²) in [5.41, 5.74) is 5.23. The number of aromatic nitrogens is 2. The molecule has 0 atom stereocenters. The van der Waals surface area contributed by atoms with E-state index in [2.05, 4.69) is 52.8 Å². The highest BCUT2D eigenvalue weighted by Crippen LogP contribution is 2.08. The van der Waals surface area contributed by atoms with Crippen LogP contribution >= 0.6 is 0 Å². The molecule has 0 saturated carbocycles. The largest absolute Gasteiger partial charge is 0.356 e. The van der Waals surface area contributed by atoms with Gasteiger partial charge in [-0.2, -0.15) is 5.10 Å². The normalized spacial score (nSPS) is 11.6. The minimum atomic E-state index is 0.842. The van der Waals surface area contributed by atoms with Crippen LogP contribution in [0.1, 0.15) is 22.3 Å². The number of nitrogens with zero attached hydrogens (tertiary/aromatic N) is 3.